The number of hydrogen-bond acceptors (Lipinski definition) is 3. The number of fused-ring (bicyclic) bond motifs is 1. The fraction of sp³-hybridized carbons (Fsp3) is 0.0667. The molecule has 18 heavy (non-hydrogen) atoms. The number of nitrogens with zero attached hydrogens (tertiary/aromatic N) is 1. The number of thiazole rings is 1. The highest BCUT2D eigenvalue weighted by atomic mass is 32.1. The van der Waals surface area contributed by atoms with Crippen LogP contribution in [0.25, 0.3) is 21.3 Å². The van der Waals surface area contributed by atoms with Crippen molar-refractivity contribution in [3.05, 3.63) is 53.5 Å². The molecule has 0 bridgehead atoms. The summed E-state index contributed by atoms with van der Waals surface area (Å²) in [7, 11) is 0. The van der Waals surface area contributed by atoms with Gasteiger partial charge in [0.15, 0.2) is 5.78 Å². The minimum atomic E-state index is 0.0690. The van der Waals surface area contributed by atoms with Gasteiger partial charge in [0, 0.05) is 18.7 Å². The Morgan fingerprint density at radius 1 is 1.11 bits per heavy atom. The average Bonchev–Trinajstić information content (AvgIpc) is 2.88. The van der Waals surface area contributed by atoms with E-state index in [4.69, 9.17) is 0 Å². The molecule has 1 heterocycles. The lowest BCUT2D eigenvalue weighted by Crippen LogP contribution is -1.83. The van der Waals surface area contributed by atoms with E-state index in [-0.39, 0.29) is 5.78 Å². The highest BCUT2D eigenvalue weighted by Crippen LogP contribution is 2.28. The molecule has 0 fully saturated rings. The molecule has 0 atom stereocenters. The third-order valence-electron chi connectivity index (χ3n) is 2.85. The lowest BCUT2D eigenvalue weighted by molar-refractivity contribution is 0.102. The Morgan fingerprint density at radius 2 is 1.89 bits per heavy atom. The smallest absolute Gasteiger partial charge is 0.171 e. The van der Waals surface area contributed by atoms with E-state index >= 15 is 0 Å². The molecule has 3 heteroatoms. The first-order valence-corrected chi connectivity index (χ1v) is 6.51. The molecule has 0 aliphatic carbocycles. The lowest BCUT2D eigenvalue weighted by Gasteiger charge is -2.00. The van der Waals surface area contributed by atoms with Crippen LogP contribution in [0.2, 0.25) is 0 Å². The van der Waals surface area contributed by atoms with Crippen LogP contribution in [0.3, 0.4) is 0 Å². The summed E-state index contributed by atoms with van der Waals surface area (Å²) in [4.78, 5) is 16.3. The summed E-state index contributed by atoms with van der Waals surface area (Å²) in [6.07, 6.45) is 1.65. The van der Waals surface area contributed by atoms with Crippen LogP contribution < -0.4 is 0 Å². The van der Waals surface area contributed by atoms with Crippen LogP contribution in [0.4, 0.5) is 0 Å². The molecule has 0 aliphatic rings. The summed E-state index contributed by atoms with van der Waals surface area (Å²) in [6.45, 7) is 1.57. The van der Waals surface area contributed by atoms with Gasteiger partial charge in [0.05, 0.1) is 4.88 Å². The van der Waals surface area contributed by atoms with E-state index in [0.717, 1.165) is 10.6 Å². The number of carbonyl (C=O) groups is 1. The second-order valence-corrected chi connectivity index (χ2v) is 5.18. The number of hydrogen-bond donors (Lipinski definition) is 0. The van der Waals surface area contributed by atoms with Crippen molar-refractivity contribution in [2.24, 2.45) is 0 Å². The summed E-state index contributed by atoms with van der Waals surface area (Å²) in [5, 5.41) is 3.30. The van der Waals surface area contributed by atoms with Gasteiger partial charge in [-0.15, -0.1) is 11.3 Å². The first kappa shape index (κ1) is 11.1. The number of carbonyl (C=O) groups excluding carboxylic acids is 1. The largest absolute Gasteiger partial charge is 0.294 e. The molecule has 0 aliphatic heterocycles. The standard InChI is InChI=1S/C15H11NOS/c1-10(17)14-9-16-15(18-14)13-7-6-11-4-2-3-5-12(11)8-13/h2-9H,1H3. The van der Waals surface area contributed by atoms with Crippen molar-refractivity contribution in [2.45, 2.75) is 6.92 Å². The van der Waals surface area contributed by atoms with E-state index in [9.17, 15) is 4.79 Å². The number of rotatable bonds is 2. The summed E-state index contributed by atoms with van der Waals surface area (Å²) in [5.74, 6) is 0.0690. The van der Waals surface area contributed by atoms with Crippen LogP contribution in [0.1, 0.15) is 16.6 Å². The molecule has 2 nitrogen and oxygen atoms in total. The topological polar surface area (TPSA) is 30.0 Å². The number of ketones is 1. The van der Waals surface area contributed by atoms with Gasteiger partial charge < -0.3 is 0 Å². The molecule has 0 saturated carbocycles. The first-order valence-electron chi connectivity index (χ1n) is 5.70. The van der Waals surface area contributed by atoms with Gasteiger partial charge in [-0.3, -0.25) is 4.79 Å². The second kappa shape index (κ2) is 4.35. The van der Waals surface area contributed by atoms with Gasteiger partial charge >= 0.3 is 0 Å². The second-order valence-electron chi connectivity index (χ2n) is 4.15. The van der Waals surface area contributed by atoms with Crippen molar-refractivity contribution in [3.63, 3.8) is 0 Å². The Labute approximate surface area is 109 Å². The molecule has 2 aromatic carbocycles. The normalized spacial score (nSPS) is 10.7. The summed E-state index contributed by atoms with van der Waals surface area (Å²) < 4.78 is 0. The van der Waals surface area contributed by atoms with E-state index in [1.807, 2.05) is 18.2 Å². The van der Waals surface area contributed by atoms with Crippen molar-refractivity contribution in [3.8, 4) is 10.6 Å². The maximum absolute atomic E-state index is 11.3. The van der Waals surface area contributed by atoms with E-state index in [1.54, 1.807) is 13.1 Å². The Bertz CT molecular complexity index is 730. The third-order valence-corrected chi connectivity index (χ3v) is 4.00. The van der Waals surface area contributed by atoms with Gasteiger partial charge in [0.2, 0.25) is 0 Å². The first-order chi connectivity index (χ1) is 8.74. The Kier molecular flexibility index (Phi) is 2.68. The molecule has 3 rings (SSSR count). The highest BCUT2D eigenvalue weighted by molar-refractivity contribution is 7.16. The van der Waals surface area contributed by atoms with E-state index in [1.165, 1.54) is 22.1 Å². The quantitative estimate of drug-likeness (QED) is 0.642. The Hall–Kier alpha value is -2.00. The minimum Gasteiger partial charge on any atom is -0.294 e. The molecule has 0 saturated heterocycles. The van der Waals surface area contributed by atoms with Gasteiger partial charge in [0.1, 0.15) is 5.01 Å². The molecular weight excluding hydrogens is 242 g/mol. The maximum atomic E-state index is 11.3. The van der Waals surface area contributed by atoms with Crippen LogP contribution in [-0.4, -0.2) is 10.8 Å². The molecule has 0 spiro atoms. The van der Waals surface area contributed by atoms with E-state index in [0.29, 0.717) is 4.88 Å². The molecule has 1 aromatic heterocycles. The van der Waals surface area contributed by atoms with Gasteiger partial charge in [-0.2, -0.15) is 0 Å². The maximum Gasteiger partial charge on any atom is 0.171 e. The van der Waals surface area contributed by atoms with Gasteiger partial charge in [0.25, 0.3) is 0 Å². The zero-order chi connectivity index (χ0) is 12.5. The molecule has 3 aromatic rings. The predicted molar refractivity (Wildman–Crippen MR) is 75.1 cm³/mol. The molecule has 0 amide bonds. The van der Waals surface area contributed by atoms with Crippen LogP contribution in [0.15, 0.2) is 48.7 Å². The van der Waals surface area contributed by atoms with Crippen LogP contribution in [-0.2, 0) is 0 Å². The van der Waals surface area contributed by atoms with Crippen molar-refractivity contribution >= 4 is 27.9 Å². The lowest BCUT2D eigenvalue weighted by atomic mass is 10.1. The monoisotopic (exact) mass is 253 g/mol. The SMILES string of the molecule is CC(=O)c1cnc(-c2ccc3ccccc3c2)s1. The Morgan fingerprint density at radius 3 is 2.61 bits per heavy atom. The number of Topliss-reactive ketones (excluding diaryl/α,β-unsaturated/α-hetero) is 1. The van der Waals surface area contributed by atoms with E-state index < -0.39 is 0 Å². The fourth-order valence-corrected chi connectivity index (χ4v) is 2.70. The average molecular weight is 253 g/mol. The molecular formula is C15H11NOS. The van der Waals surface area contributed by atoms with Crippen LogP contribution in [0, 0.1) is 0 Å². The van der Waals surface area contributed by atoms with Gasteiger partial charge in [-0.1, -0.05) is 36.4 Å². The zero-order valence-corrected chi connectivity index (χ0v) is 10.7. The number of benzene rings is 2. The van der Waals surface area contributed by atoms with Crippen molar-refractivity contribution in [1.29, 1.82) is 0 Å². The summed E-state index contributed by atoms with van der Waals surface area (Å²) >= 11 is 1.44. The van der Waals surface area contributed by atoms with Crippen LogP contribution in [0.5, 0.6) is 0 Å². The molecule has 0 N–H and O–H groups in total. The van der Waals surface area contributed by atoms with Gasteiger partial charge in [-0.25, -0.2) is 4.98 Å². The van der Waals surface area contributed by atoms with Crippen molar-refractivity contribution in [1.82, 2.24) is 4.98 Å². The predicted octanol–water partition coefficient (Wildman–Crippen LogP) is 4.17. The van der Waals surface area contributed by atoms with Gasteiger partial charge in [-0.05, 0) is 16.8 Å². The molecule has 88 valence electrons. The van der Waals surface area contributed by atoms with Crippen LogP contribution >= 0.6 is 11.3 Å². The molecule has 0 radical (unpaired) electrons. The van der Waals surface area contributed by atoms with Crippen molar-refractivity contribution < 1.29 is 4.79 Å². The summed E-state index contributed by atoms with van der Waals surface area (Å²) in [5.41, 5.74) is 1.06. The highest BCUT2D eigenvalue weighted by Gasteiger charge is 2.08. The van der Waals surface area contributed by atoms with E-state index in [2.05, 4.69) is 29.2 Å². The Balaban J connectivity index is 2.10. The third kappa shape index (κ3) is 1.93. The minimum absolute atomic E-state index is 0.0690. The fourth-order valence-electron chi connectivity index (χ4n) is 1.89. The van der Waals surface area contributed by atoms with Crippen molar-refractivity contribution in [2.75, 3.05) is 0 Å². The number of aromatic nitrogens is 1. The summed E-state index contributed by atoms with van der Waals surface area (Å²) in [6, 6.07) is 14.5. The molecule has 0 unspecified atom stereocenters. The zero-order valence-electron chi connectivity index (χ0n) is 9.88.